The molecule has 1 spiro atoms. The summed E-state index contributed by atoms with van der Waals surface area (Å²) in [6, 6.07) is 0. The third-order valence-electron chi connectivity index (χ3n) is 3.10. The lowest BCUT2D eigenvalue weighted by molar-refractivity contribution is -0.276. The average Bonchev–Trinajstić information content (AvgIpc) is 2.61. The second-order valence-electron chi connectivity index (χ2n) is 4.19. The van der Waals surface area contributed by atoms with Gasteiger partial charge in [-0.2, -0.15) is 0 Å². The maximum Gasteiger partial charge on any atom is 0.169 e. The first-order valence-corrected chi connectivity index (χ1v) is 5.35. The number of hydrogen-bond acceptors (Lipinski definition) is 4. The summed E-state index contributed by atoms with van der Waals surface area (Å²) in [5, 5.41) is 18.0. The molecule has 2 rings (SSSR count). The van der Waals surface area contributed by atoms with Crippen LogP contribution in [0.2, 0.25) is 0 Å². The van der Waals surface area contributed by atoms with Crippen molar-refractivity contribution >= 4 is 0 Å². The van der Waals surface area contributed by atoms with E-state index in [2.05, 4.69) is 0 Å². The SMILES string of the molecule is OC[C@@H]1CCC[C@]2(CC[C@@H](CO)O2)O1. The predicted molar refractivity (Wildman–Crippen MR) is 49.7 cm³/mol. The van der Waals surface area contributed by atoms with Crippen LogP contribution in [-0.2, 0) is 9.47 Å². The van der Waals surface area contributed by atoms with Crippen LogP contribution in [0.1, 0.15) is 32.1 Å². The van der Waals surface area contributed by atoms with Crippen LogP contribution in [0, 0.1) is 0 Å². The van der Waals surface area contributed by atoms with Crippen LogP contribution < -0.4 is 0 Å². The lowest BCUT2D eigenvalue weighted by Crippen LogP contribution is -2.42. The van der Waals surface area contributed by atoms with Crippen molar-refractivity contribution in [1.29, 1.82) is 0 Å². The molecular weight excluding hydrogens is 184 g/mol. The fourth-order valence-electron chi connectivity index (χ4n) is 2.35. The third-order valence-corrected chi connectivity index (χ3v) is 3.10. The van der Waals surface area contributed by atoms with Crippen molar-refractivity contribution in [3.8, 4) is 0 Å². The first kappa shape index (κ1) is 10.4. The van der Waals surface area contributed by atoms with Gasteiger partial charge in [0, 0.05) is 12.8 Å². The highest BCUT2D eigenvalue weighted by Crippen LogP contribution is 2.40. The largest absolute Gasteiger partial charge is 0.394 e. The number of aliphatic hydroxyl groups is 2. The van der Waals surface area contributed by atoms with Gasteiger partial charge in [0.05, 0.1) is 25.4 Å². The normalized spacial score (nSPS) is 43.3. The van der Waals surface area contributed by atoms with Crippen molar-refractivity contribution in [1.82, 2.24) is 0 Å². The molecule has 0 saturated carbocycles. The smallest absolute Gasteiger partial charge is 0.169 e. The first-order chi connectivity index (χ1) is 6.78. The lowest BCUT2D eigenvalue weighted by atomic mass is 9.99. The minimum absolute atomic E-state index is 0.0644. The number of rotatable bonds is 2. The van der Waals surface area contributed by atoms with Crippen molar-refractivity contribution in [2.24, 2.45) is 0 Å². The van der Waals surface area contributed by atoms with E-state index in [1.165, 1.54) is 0 Å². The predicted octanol–water partition coefficient (Wildman–Crippen LogP) is 0.415. The molecule has 2 N–H and O–H groups in total. The van der Waals surface area contributed by atoms with Gasteiger partial charge in [0.2, 0.25) is 0 Å². The summed E-state index contributed by atoms with van der Waals surface area (Å²) in [5.74, 6) is -0.501. The van der Waals surface area contributed by atoms with E-state index in [9.17, 15) is 0 Å². The molecule has 2 aliphatic heterocycles. The molecule has 0 amide bonds. The van der Waals surface area contributed by atoms with E-state index < -0.39 is 5.79 Å². The molecule has 0 radical (unpaired) electrons. The van der Waals surface area contributed by atoms with Crippen molar-refractivity contribution < 1.29 is 19.7 Å². The molecule has 2 fully saturated rings. The topological polar surface area (TPSA) is 58.9 Å². The molecule has 0 aromatic rings. The summed E-state index contributed by atoms with van der Waals surface area (Å²) in [4.78, 5) is 0. The van der Waals surface area contributed by atoms with E-state index in [0.717, 1.165) is 32.1 Å². The summed E-state index contributed by atoms with van der Waals surface area (Å²) < 4.78 is 11.4. The number of aliphatic hydroxyl groups excluding tert-OH is 2. The molecule has 0 unspecified atom stereocenters. The van der Waals surface area contributed by atoms with Gasteiger partial charge in [0.15, 0.2) is 5.79 Å². The summed E-state index contributed by atoms with van der Waals surface area (Å²) in [7, 11) is 0. The third kappa shape index (κ3) is 1.93. The fraction of sp³-hybridized carbons (Fsp3) is 1.00. The second kappa shape index (κ2) is 4.14. The van der Waals surface area contributed by atoms with Crippen molar-refractivity contribution in [2.75, 3.05) is 13.2 Å². The maximum atomic E-state index is 9.03. The summed E-state index contributed by atoms with van der Waals surface area (Å²) in [5.41, 5.74) is 0. The maximum absolute atomic E-state index is 9.03. The summed E-state index contributed by atoms with van der Waals surface area (Å²) >= 11 is 0. The molecule has 4 nitrogen and oxygen atoms in total. The quantitative estimate of drug-likeness (QED) is 0.681. The van der Waals surface area contributed by atoms with Gasteiger partial charge in [0.1, 0.15) is 0 Å². The zero-order valence-corrected chi connectivity index (χ0v) is 8.32. The molecule has 82 valence electrons. The average molecular weight is 202 g/mol. The van der Waals surface area contributed by atoms with Crippen molar-refractivity contribution in [2.45, 2.75) is 50.1 Å². The molecule has 2 saturated heterocycles. The molecule has 4 heteroatoms. The Bertz CT molecular complexity index is 197. The van der Waals surface area contributed by atoms with E-state index in [1.54, 1.807) is 0 Å². The Kier molecular flexibility index (Phi) is 3.07. The van der Waals surface area contributed by atoms with Crippen LogP contribution in [0.25, 0.3) is 0 Å². The van der Waals surface area contributed by atoms with Crippen molar-refractivity contribution in [3.05, 3.63) is 0 Å². The van der Waals surface area contributed by atoms with Gasteiger partial charge in [-0.25, -0.2) is 0 Å². The molecule has 0 aromatic heterocycles. The zero-order chi connectivity index (χ0) is 10.0. The Hall–Kier alpha value is -0.160. The molecule has 0 aliphatic carbocycles. The molecule has 2 aliphatic rings. The van der Waals surface area contributed by atoms with E-state index in [0.29, 0.717) is 0 Å². The van der Waals surface area contributed by atoms with Crippen LogP contribution in [0.3, 0.4) is 0 Å². The Labute approximate surface area is 83.8 Å². The minimum Gasteiger partial charge on any atom is -0.394 e. The standard InChI is InChI=1S/C10H18O4/c11-6-8-2-1-4-10(13-8)5-3-9(7-12)14-10/h8-9,11-12H,1-7H2/t8-,9-,10-/m0/s1. The number of hydrogen-bond donors (Lipinski definition) is 2. The van der Waals surface area contributed by atoms with Gasteiger partial charge < -0.3 is 19.7 Å². The molecule has 14 heavy (non-hydrogen) atoms. The Morgan fingerprint density at radius 2 is 1.64 bits per heavy atom. The molecule has 0 aromatic carbocycles. The van der Waals surface area contributed by atoms with Gasteiger partial charge in [-0.3, -0.25) is 0 Å². The van der Waals surface area contributed by atoms with Crippen LogP contribution in [-0.4, -0.2) is 41.4 Å². The van der Waals surface area contributed by atoms with Gasteiger partial charge in [-0.05, 0) is 19.3 Å². The highest BCUT2D eigenvalue weighted by molar-refractivity contribution is 4.85. The van der Waals surface area contributed by atoms with Gasteiger partial charge in [-0.15, -0.1) is 0 Å². The summed E-state index contributed by atoms with van der Waals surface area (Å²) in [6.07, 6.45) is 4.37. The van der Waals surface area contributed by atoms with Gasteiger partial charge in [-0.1, -0.05) is 0 Å². The minimum atomic E-state index is -0.501. The molecule has 2 heterocycles. The van der Waals surface area contributed by atoms with Gasteiger partial charge >= 0.3 is 0 Å². The zero-order valence-electron chi connectivity index (χ0n) is 8.32. The molecule has 3 atom stereocenters. The number of ether oxygens (including phenoxy) is 2. The van der Waals surface area contributed by atoms with Gasteiger partial charge in [0.25, 0.3) is 0 Å². The highest BCUT2D eigenvalue weighted by Gasteiger charge is 2.44. The monoisotopic (exact) mass is 202 g/mol. The first-order valence-electron chi connectivity index (χ1n) is 5.35. The van der Waals surface area contributed by atoms with Crippen LogP contribution in [0.5, 0.6) is 0 Å². The fourth-order valence-corrected chi connectivity index (χ4v) is 2.35. The van der Waals surface area contributed by atoms with E-state index >= 15 is 0 Å². The Balaban J connectivity index is 1.95. The van der Waals surface area contributed by atoms with Crippen LogP contribution >= 0.6 is 0 Å². The second-order valence-corrected chi connectivity index (χ2v) is 4.19. The molecular formula is C10H18O4. The summed E-state index contributed by atoms with van der Waals surface area (Å²) in [6.45, 7) is 0.129. The van der Waals surface area contributed by atoms with E-state index in [1.807, 2.05) is 0 Å². The lowest BCUT2D eigenvalue weighted by Gasteiger charge is -2.37. The highest BCUT2D eigenvalue weighted by atomic mass is 16.7. The Morgan fingerprint density at radius 1 is 1.00 bits per heavy atom. The Morgan fingerprint density at radius 3 is 2.21 bits per heavy atom. The van der Waals surface area contributed by atoms with Crippen molar-refractivity contribution in [3.63, 3.8) is 0 Å². The van der Waals surface area contributed by atoms with Crippen LogP contribution in [0.15, 0.2) is 0 Å². The van der Waals surface area contributed by atoms with E-state index in [-0.39, 0.29) is 25.4 Å². The molecule has 0 bridgehead atoms. The van der Waals surface area contributed by atoms with Crippen LogP contribution in [0.4, 0.5) is 0 Å². The van der Waals surface area contributed by atoms with E-state index in [4.69, 9.17) is 19.7 Å².